The molecule has 1 saturated heterocycles. The van der Waals surface area contributed by atoms with Gasteiger partial charge in [0, 0.05) is 38.3 Å². The van der Waals surface area contributed by atoms with Crippen LogP contribution >= 0.6 is 0 Å². The molecule has 2 rings (SSSR count). The summed E-state index contributed by atoms with van der Waals surface area (Å²) in [6.45, 7) is 8.05. The van der Waals surface area contributed by atoms with Crippen molar-refractivity contribution >= 4 is 6.03 Å². The number of carbonyl (C=O) groups excluding carboxylic acids is 1. The third kappa shape index (κ3) is 4.10. The van der Waals surface area contributed by atoms with E-state index in [9.17, 15) is 4.79 Å². The Morgan fingerprint density at radius 2 is 1.79 bits per heavy atom. The summed E-state index contributed by atoms with van der Waals surface area (Å²) in [6, 6.07) is 1.19. The maximum absolute atomic E-state index is 12.0. The monoisotopic (exact) mass is 267 g/mol. The summed E-state index contributed by atoms with van der Waals surface area (Å²) >= 11 is 0. The van der Waals surface area contributed by atoms with Gasteiger partial charge in [0.1, 0.15) is 0 Å². The van der Waals surface area contributed by atoms with Gasteiger partial charge < -0.3 is 10.2 Å². The van der Waals surface area contributed by atoms with E-state index in [1.165, 1.54) is 32.1 Å². The number of nitrogens with zero attached hydrogens (tertiary/aromatic N) is 2. The minimum atomic E-state index is 0.123. The summed E-state index contributed by atoms with van der Waals surface area (Å²) in [4.78, 5) is 16.6. The van der Waals surface area contributed by atoms with Crippen LogP contribution in [0.3, 0.4) is 0 Å². The van der Waals surface area contributed by atoms with Gasteiger partial charge in [0.05, 0.1) is 0 Å². The lowest BCUT2D eigenvalue weighted by Gasteiger charge is -2.40. The minimum absolute atomic E-state index is 0.123. The number of hydrogen-bond acceptors (Lipinski definition) is 2. The van der Waals surface area contributed by atoms with Crippen LogP contribution in [0.1, 0.15) is 52.4 Å². The Morgan fingerprint density at radius 1 is 1.16 bits per heavy atom. The van der Waals surface area contributed by atoms with Gasteiger partial charge in [0.25, 0.3) is 0 Å². The van der Waals surface area contributed by atoms with Crippen LogP contribution < -0.4 is 5.32 Å². The summed E-state index contributed by atoms with van der Waals surface area (Å²) < 4.78 is 0. The first-order valence-corrected chi connectivity index (χ1v) is 8.00. The summed E-state index contributed by atoms with van der Waals surface area (Å²) in [7, 11) is 0. The Kier molecular flexibility index (Phi) is 5.49. The second-order valence-corrected chi connectivity index (χ2v) is 6.07. The number of nitrogens with one attached hydrogen (secondary N) is 1. The molecule has 4 heteroatoms. The molecular weight excluding hydrogens is 238 g/mol. The predicted molar refractivity (Wildman–Crippen MR) is 78.3 cm³/mol. The van der Waals surface area contributed by atoms with E-state index in [1.807, 2.05) is 4.90 Å². The van der Waals surface area contributed by atoms with Crippen LogP contribution in [0.4, 0.5) is 4.79 Å². The molecule has 4 nitrogen and oxygen atoms in total. The summed E-state index contributed by atoms with van der Waals surface area (Å²) in [5.41, 5.74) is 0. The number of hydrogen-bond donors (Lipinski definition) is 1. The fourth-order valence-corrected chi connectivity index (χ4v) is 3.14. The van der Waals surface area contributed by atoms with Gasteiger partial charge in [0.15, 0.2) is 0 Å². The largest absolute Gasteiger partial charge is 0.336 e. The van der Waals surface area contributed by atoms with Gasteiger partial charge in [-0.05, 0) is 26.2 Å². The van der Waals surface area contributed by atoms with E-state index < -0.39 is 0 Å². The minimum Gasteiger partial charge on any atom is -0.336 e. The molecule has 110 valence electrons. The Bertz CT molecular complexity index is 281. The van der Waals surface area contributed by atoms with Crippen LogP contribution in [-0.2, 0) is 0 Å². The average Bonchev–Trinajstić information content (AvgIpc) is 2.48. The third-order valence-electron chi connectivity index (χ3n) is 4.67. The molecule has 1 heterocycles. The van der Waals surface area contributed by atoms with Crippen molar-refractivity contribution in [3.8, 4) is 0 Å². The van der Waals surface area contributed by atoms with Gasteiger partial charge in [-0.3, -0.25) is 4.90 Å². The van der Waals surface area contributed by atoms with Crippen molar-refractivity contribution < 1.29 is 4.79 Å². The van der Waals surface area contributed by atoms with Crippen molar-refractivity contribution in [1.82, 2.24) is 15.1 Å². The molecule has 2 fully saturated rings. The Hall–Kier alpha value is -0.770. The van der Waals surface area contributed by atoms with Crippen molar-refractivity contribution in [3.05, 3.63) is 0 Å². The first-order valence-electron chi connectivity index (χ1n) is 8.00. The molecular formula is C15H29N3O. The molecule has 1 N–H and O–H groups in total. The highest BCUT2D eigenvalue weighted by Gasteiger charge is 2.27. The van der Waals surface area contributed by atoms with E-state index >= 15 is 0 Å². The highest BCUT2D eigenvalue weighted by Crippen LogP contribution is 2.23. The van der Waals surface area contributed by atoms with Gasteiger partial charge in [0.2, 0.25) is 0 Å². The maximum Gasteiger partial charge on any atom is 0.317 e. The smallest absolute Gasteiger partial charge is 0.317 e. The highest BCUT2D eigenvalue weighted by molar-refractivity contribution is 5.74. The lowest BCUT2D eigenvalue weighted by atomic mass is 9.94. The van der Waals surface area contributed by atoms with Gasteiger partial charge in [-0.2, -0.15) is 0 Å². The van der Waals surface area contributed by atoms with Gasteiger partial charge in [-0.25, -0.2) is 4.79 Å². The summed E-state index contributed by atoms with van der Waals surface area (Å²) in [6.07, 6.45) is 7.90. The van der Waals surface area contributed by atoms with Crippen LogP contribution in [0.15, 0.2) is 0 Å². The quantitative estimate of drug-likeness (QED) is 0.852. The van der Waals surface area contributed by atoms with E-state index in [1.54, 1.807) is 0 Å². The number of piperazine rings is 1. The van der Waals surface area contributed by atoms with Crippen LogP contribution in [0.25, 0.3) is 0 Å². The molecule has 0 spiro atoms. The SMILES string of the molecule is CCC(C)NC(=O)N1CCN(C2CCCCC2)CC1. The molecule has 19 heavy (non-hydrogen) atoms. The molecule has 0 bridgehead atoms. The van der Waals surface area contributed by atoms with Crippen molar-refractivity contribution in [2.24, 2.45) is 0 Å². The predicted octanol–water partition coefficient (Wildman–Crippen LogP) is 2.44. The third-order valence-corrected chi connectivity index (χ3v) is 4.67. The summed E-state index contributed by atoms with van der Waals surface area (Å²) in [5.74, 6) is 0. The summed E-state index contributed by atoms with van der Waals surface area (Å²) in [5, 5.41) is 3.06. The molecule has 1 aliphatic carbocycles. The van der Waals surface area contributed by atoms with Gasteiger partial charge >= 0.3 is 6.03 Å². The lowest BCUT2D eigenvalue weighted by molar-refractivity contribution is 0.0898. The van der Waals surface area contributed by atoms with Crippen molar-refractivity contribution in [2.45, 2.75) is 64.5 Å². The molecule has 0 aromatic rings. The topological polar surface area (TPSA) is 35.6 Å². The van der Waals surface area contributed by atoms with Crippen molar-refractivity contribution in [1.29, 1.82) is 0 Å². The Labute approximate surface area is 117 Å². The lowest BCUT2D eigenvalue weighted by Crippen LogP contribution is -2.55. The second kappa shape index (κ2) is 7.13. The fourth-order valence-electron chi connectivity index (χ4n) is 3.14. The highest BCUT2D eigenvalue weighted by atomic mass is 16.2. The first kappa shape index (κ1) is 14.6. The average molecular weight is 267 g/mol. The Balaban J connectivity index is 1.73. The maximum atomic E-state index is 12.0. The number of amides is 2. The zero-order chi connectivity index (χ0) is 13.7. The van der Waals surface area contributed by atoms with Crippen LogP contribution in [-0.4, -0.2) is 54.1 Å². The van der Waals surface area contributed by atoms with Crippen molar-refractivity contribution in [3.63, 3.8) is 0 Å². The van der Waals surface area contributed by atoms with E-state index in [0.717, 1.165) is 38.6 Å². The standard InChI is InChI=1S/C15H29N3O/c1-3-13(2)16-15(19)18-11-9-17(10-12-18)14-7-5-4-6-8-14/h13-14H,3-12H2,1-2H3,(H,16,19). The molecule has 1 atom stereocenters. The number of carbonyl (C=O) groups is 1. The van der Waals surface area contributed by atoms with E-state index in [4.69, 9.17) is 0 Å². The van der Waals surface area contributed by atoms with Gasteiger partial charge in [-0.1, -0.05) is 26.2 Å². The number of urea groups is 1. The van der Waals surface area contributed by atoms with Crippen LogP contribution in [0, 0.1) is 0 Å². The number of rotatable bonds is 3. The molecule has 1 unspecified atom stereocenters. The molecule has 1 aliphatic heterocycles. The first-order chi connectivity index (χ1) is 9.20. The van der Waals surface area contributed by atoms with Crippen LogP contribution in [0.2, 0.25) is 0 Å². The molecule has 0 aromatic heterocycles. The normalized spacial score (nSPS) is 24.2. The Morgan fingerprint density at radius 3 is 2.37 bits per heavy atom. The molecule has 0 radical (unpaired) electrons. The van der Waals surface area contributed by atoms with E-state index in [2.05, 4.69) is 24.1 Å². The van der Waals surface area contributed by atoms with E-state index in [-0.39, 0.29) is 12.1 Å². The fraction of sp³-hybridized carbons (Fsp3) is 0.933. The van der Waals surface area contributed by atoms with E-state index in [0.29, 0.717) is 0 Å². The molecule has 2 aliphatic rings. The zero-order valence-electron chi connectivity index (χ0n) is 12.5. The second-order valence-electron chi connectivity index (χ2n) is 6.07. The zero-order valence-corrected chi connectivity index (χ0v) is 12.5. The van der Waals surface area contributed by atoms with Crippen LogP contribution in [0.5, 0.6) is 0 Å². The van der Waals surface area contributed by atoms with Crippen molar-refractivity contribution in [2.75, 3.05) is 26.2 Å². The molecule has 0 aromatic carbocycles. The molecule has 2 amide bonds. The van der Waals surface area contributed by atoms with Gasteiger partial charge in [-0.15, -0.1) is 0 Å². The molecule has 1 saturated carbocycles.